The van der Waals surface area contributed by atoms with Crippen LogP contribution >= 0.6 is 11.8 Å². The van der Waals surface area contributed by atoms with Gasteiger partial charge in [0.15, 0.2) is 10.9 Å². The third-order valence-electron chi connectivity index (χ3n) is 5.01. The molecule has 0 aliphatic heterocycles. The molecule has 29 heavy (non-hydrogen) atoms. The minimum Gasteiger partial charge on any atom is -0.334 e. The third kappa shape index (κ3) is 5.10. The summed E-state index contributed by atoms with van der Waals surface area (Å²) in [5, 5.41) is 1.12. The van der Waals surface area contributed by atoms with Crippen LogP contribution in [0.15, 0.2) is 58.5 Å². The molecule has 0 saturated carbocycles. The minimum absolute atomic E-state index is 0.0844. The van der Waals surface area contributed by atoms with Gasteiger partial charge in [-0.2, -0.15) is 0 Å². The maximum absolute atomic E-state index is 13.1. The van der Waals surface area contributed by atoms with Crippen LogP contribution in [0.3, 0.4) is 0 Å². The van der Waals surface area contributed by atoms with Gasteiger partial charge in [0, 0.05) is 5.56 Å². The number of thioether (sulfide) groups is 1. The summed E-state index contributed by atoms with van der Waals surface area (Å²) in [6.07, 6.45) is 0. The SMILES string of the molecule is CC[NH+](CC)CCn1c(SCC(=O)c2ccc(F)cc2)nc2ccccc2c1=O. The number of para-hydroxylation sites is 1. The van der Waals surface area contributed by atoms with E-state index in [4.69, 9.17) is 0 Å². The molecule has 0 aliphatic rings. The van der Waals surface area contributed by atoms with E-state index in [0.717, 1.165) is 19.6 Å². The topological polar surface area (TPSA) is 56.4 Å². The van der Waals surface area contributed by atoms with Crippen molar-refractivity contribution in [2.24, 2.45) is 0 Å². The number of likely N-dealkylation sites (N-methyl/N-ethyl adjacent to an activating group) is 1. The lowest BCUT2D eigenvalue weighted by Crippen LogP contribution is -3.11. The van der Waals surface area contributed by atoms with Crippen LogP contribution in [0.4, 0.5) is 4.39 Å². The average molecular weight is 415 g/mol. The van der Waals surface area contributed by atoms with E-state index in [1.165, 1.54) is 40.9 Å². The third-order valence-corrected chi connectivity index (χ3v) is 5.99. The van der Waals surface area contributed by atoms with Crippen molar-refractivity contribution >= 4 is 28.4 Å². The molecule has 1 heterocycles. The van der Waals surface area contributed by atoms with E-state index >= 15 is 0 Å². The first-order chi connectivity index (χ1) is 14.0. The quantitative estimate of drug-likeness (QED) is 0.332. The maximum atomic E-state index is 13.1. The molecule has 1 aromatic heterocycles. The minimum atomic E-state index is -0.377. The second kappa shape index (κ2) is 9.80. The fraction of sp³-hybridized carbons (Fsp3) is 0.318. The highest BCUT2D eigenvalue weighted by atomic mass is 32.2. The van der Waals surface area contributed by atoms with E-state index in [1.54, 1.807) is 10.6 Å². The van der Waals surface area contributed by atoms with Crippen molar-refractivity contribution in [3.05, 3.63) is 70.3 Å². The van der Waals surface area contributed by atoms with Crippen LogP contribution < -0.4 is 10.5 Å². The van der Waals surface area contributed by atoms with E-state index in [1.807, 2.05) is 18.2 Å². The zero-order valence-electron chi connectivity index (χ0n) is 16.7. The largest absolute Gasteiger partial charge is 0.334 e. The number of carbonyl (C=O) groups is 1. The number of benzene rings is 2. The highest BCUT2D eigenvalue weighted by Gasteiger charge is 2.15. The van der Waals surface area contributed by atoms with Gasteiger partial charge >= 0.3 is 0 Å². The lowest BCUT2D eigenvalue weighted by molar-refractivity contribution is -0.897. The van der Waals surface area contributed by atoms with Gasteiger partial charge in [-0.3, -0.25) is 14.2 Å². The number of hydrogen-bond donors (Lipinski definition) is 1. The molecule has 0 fully saturated rings. The number of aromatic nitrogens is 2. The molecule has 3 rings (SSSR count). The van der Waals surface area contributed by atoms with E-state index in [2.05, 4.69) is 18.8 Å². The number of nitrogens with zero attached hydrogens (tertiary/aromatic N) is 2. The van der Waals surface area contributed by atoms with Crippen LogP contribution in [0.5, 0.6) is 0 Å². The van der Waals surface area contributed by atoms with Crippen LogP contribution in [0.2, 0.25) is 0 Å². The second-order valence-corrected chi connectivity index (χ2v) is 7.74. The molecule has 0 amide bonds. The first-order valence-electron chi connectivity index (χ1n) is 9.78. The van der Waals surface area contributed by atoms with Gasteiger partial charge in [-0.15, -0.1) is 0 Å². The van der Waals surface area contributed by atoms with E-state index < -0.39 is 0 Å². The molecule has 5 nitrogen and oxygen atoms in total. The Morgan fingerprint density at radius 1 is 1.10 bits per heavy atom. The van der Waals surface area contributed by atoms with Crippen LogP contribution in [0.25, 0.3) is 10.9 Å². The number of quaternary nitrogens is 1. The first kappa shape index (κ1) is 21.2. The average Bonchev–Trinajstić information content (AvgIpc) is 2.74. The van der Waals surface area contributed by atoms with Gasteiger partial charge in [-0.25, -0.2) is 9.37 Å². The van der Waals surface area contributed by atoms with Crippen LogP contribution in [-0.2, 0) is 6.54 Å². The van der Waals surface area contributed by atoms with Crippen molar-refractivity contribution in [2.45, 2.75) is 25.5 Å². The van der Waals surface area contributed by atoms with Gasteiger partial charge in [-0.05, 0) is 50.2 Å². The van der Waals surface area contributed by atoms with Gasteiger partial charge in [0.25, 0.3) is 5.56 Å². The number of rotatable bonds is 9. The Labute approximate surface area is 173 Å². The van der Waals surface area contributed by atoms with Crippen molar-refractivity contribution < 1.29 is 14.1 Å². The molecule has 0 atom stereocenters. The van der Waals surface area contributed by atoms with Crippen molar-refractivity contribution in [1.29, 1.82) is 0 Å². The molecule has 0 saturated heterocycles. The van der Waals surface area contributed by atoms with Gasteiger partial charge in [-0.1, -0.05) is 23.9 Å². The molecule has 0 bridgehead atoms. The Balaban J connectivity index is 1.88. The number of hydrogen-bond acceptors (Lipinski definition) is 4. The monoisotopic (exact) mass is 414 g/mol. The van der Waals surface area contributed by atoms with Crippen molar-refractivity contribution in [3.8, 4) is 0 Å². The second-order valence-electron chi connectivity index (χ2n) is 6.79. The van der Waals surface area contributed by atoms with Crippen molar-refractivity contribution in [2.75, 3.05) is 25.4 Å². The zero-order valence-corrected chi connectivity index (χ0v) is 17.5. The molecular formula is C22H25FN3O2S+. The predicted octanol–water partition coefficient (Wildman–Crippen LogP) is 2.44. The summed E-state index contributed by atoms with van der Waals surface area (Å²) >= 11 is 1.25. The van der Waals surface area contributed by atoms with Crippen molar-refractivity contribution in [1.82, 2.24) is 9.55 Å². The summed E-state index contributed by atoms with van der Waals surface area (Å²) in [6.45, 7) is 7.57. The smallest absolute Gasteiger partial charge is 0.262 e. The van der Waals surface area contributed by atoms with E-state index in [9.17, 15) is 14.0 Å². The Bertz CT molecular complexity index is 1050. The molecule has 0 spiro atoms. The number of nitrogens with one attached hydrogen (secondary N) is 1. The summed E-state index contributed by atoms with van der Waals surface area (Å²) in [5.74, 6) is -0.370. The van der Waals surface area contributed by atoms with Gasteiger partial charge in [0.1, 0.15) is 5.82 Å². The van der Waals surface area contributed by atoms with Gasteiger partial charge < -0.3 is 4.90 Å². The summed E-state index contributed by atoms with van der Waals surface area (Å²) < 4.78 is 14.8. The number of halogens is 1. The summed E-state index contributed by atoms with van der Waals surface area (Å²) in [6, 6.07) is 12.8. The van der Waals surface area contributed by atoms with Gasteiger partial charge in [0.05, 0.1) is 42.8 Å². The lowest BCUT2D eigenvalue weighted by Gasteiger charge is -2.18. The molecule has 152 valence electrons. The number of Topliss-reactive ketones (excluding diaryl/α,β-unsaturated/α-hetero) is 1. The summed E-state index contributed by atoms with van der Waals surface area (Å²) in [4.78, 5) is 31.6. The normalized spacial score (nSPS) is 11.3. The molecule has 0 aliphatic carbocycles. The molecule has 0 radical (unpaired) electrons. The summed E-state index contributed by atoms with van der Waals surface area (Å²) in [5.41, 5.74) is 0.987. The molecule has 1 N–H and O–H groups in total. The number of fused-ring (bicyclic) bond motifs is 1. The van der Waals surface area contributed by atoms with E-state index in [0.29, 0.717) is 28.2 Å². The Kier molecular flexibility index (Phi) is 7.17. The first-order valence-corrected chi connectivity index (χ1v) is 10.8. The van der Waals surface area contributed by atoms with Crippen LogP contribution in [-0.4, -0.2) is 40.7 Å². The van der Waals surface area contributed by atoms with Crippen LogP contribution in [0, 0.1) is 5.82 Å². The number of ketones is 1. The highest BCUT2D eigenvalue weighted by molar-refractivity contribution is 7.99. The fourth-order valence-corrected chi connectivity index (χ4v) is 4.10. The molecule has 7 heteroatoms. The standard InChI is InChI=1S/C22H24FN3O2S/c1-3-25(4-2)13-14-26-21(28)18-7-5-6-8-19(18)24-22(26)29-15-20(27)16-9-11-17(23)12-10-16/h5-12H,3-4,13-15H2,1-2H3/p+1. The zero-order chi connectivity index (χ0) is 20.8. The molecule has 3 aromatic rings. The Morgan fingerprint density at radius 2 is 1.79 bits per heavy atom. The summed E-state index contributed by atoms with van der Waals surface area (Å²) in [7, 11) is 0. The Hall–Kier alpha value is -2.51. The van der Waals surface area contributed by atoms with Crippen molar-refractivity contribution in [3.63, 3.8) is 0 Å². The lowest BCUT2D eigenvalue weighted by atomic mass is 10.1. The van der Waals surface area contributed by atoms with Gasteiger partial charge in [0.2, 0.25) is 0 Å². The molecule has 2 aromatic carbocycles. The number of carbonyl (C=O) groups excluding carboxylic acids is 1. The van der Waals surface area contributed by atoms with E-state index in [-0.39, 0.29) is 22.9 Å². The highest BCUT2D eigenvalue weighted by Crippen LogP contribution is 2.19. The predicted molar refractivity (Wildman–Crippen MR) is 114 cm³/mol. The maximum Gasteiger partial charge on any atom is 0.262 e. The van der Waals surface area contributed by atoms with Crippen LogP contribution in [0.1, 0.15) is 24.2 Å². The molecule has 0 unspecified atom stereocenters. The molecular weight excluding hydrogens is 389 g/mol. The Morgan fingerprint density at radius 3 is 2.48 bits per heavy atom. The fourth-order valence-electron chi connectivity index (χ4n) is 3.18.